The number of ether oxygens (including phenoxy) is 1. The van der Waals surface area contributed by atoms with Gasteiger partial charge in [0.25, 0.3) is 11.7 Å². The molecule has 31 heavy (non-hydrogen) atoms. The maximum Gasteiger partial charge on any atom is 0.300 e. The topological polar surface area (TPSA) is 87.1 Å². The van der Waals surface area contributed by atoms with Crippen LogP contribution < -0.4 is 9.64 Å². The molecule has 0 radical (unpaired) electrons. The number of anilines is 1. The van der Waals surface area contributed by atoms with Crippen molar-refractivity contribution in [3.63, 3.8) is 0 Å². The molecule has 1 saturated heterocycles. The standard InChI is InChI=1S/C24H18BrNO5/c1-31-19-13-15(9-12-18(19)27)21-20(22(28)14-7-10-16(25)11-8-14)23(29)24(30)26(21)17-5-3-2-4-6-17/h2-13,21,27-28H,1H3/t21-/m0/s1. The van der Waals surface area contributed by atoms with Crippen LogP contribution in [-0.2, 0) is 9.59 Å². The molecule has 1 heterocycles. The number of phenolic OH excluding ortho intramolecular Hbond substituents is 1. The van der Waals surface area contributed by atoms with Crippen molar-refractivity contribution in [2.24, 2.45) is 0 Å². The highest BCUT2D eigenvalue weighted by atomic mass is 79.9. The van der Waals surface area contributed by atoms with Crippen LogP contribution in [0.5, 0.6) is 11.5 Å². The molecular formula is C24H18BrNO5. The maximum atomic E-state index is 13.1. The third-order valence-electron chi connectivity index (χ3n) is 5.12. The van der Waals surface area contributed by atoms with Crippen LogP contribution in [0.15, 0.2) is 82.8 Å². The van der Waals surface area contributed by atoms with Gasteiger partial charge in [-0.2, -0.15) is 0 Å². The number of amides is 1. The number of Topliss-reactive ketones (excluding diaryl/α,β-unsaturated/α-hetero) is 1. The smallest absolute Gasteiger partial charge is 0.300 e. The van der Waals surface area contributed by atoms with Gasteiger partial charge in [-0.25, -0.2) is 0 Å². The number of methoxy groups -OCH3 is 1. The number of halogens is 1. The van der Waals surface area contributed by atoms with Crippen molar-refractivity contribution >= 4 is 39.1 Å². The van der Waals surface area contributed by atoms with Gasteiger partial charge in [0, 0.05) is 15.7 Å². The molecule has 1 aliphatic rings. The van der Waals surface area contributed by atoms with Crippen LogP contribution in [0.3, 0.4) is 0 Å². The van der Waals surface area contributed by atoms with Crippen molar-refractivity contribution in [1.29, 1.82) is 0 Å². The van der Waals surface area contributed by atoms with E-state index < -0.39 is 17.7 Å². The molecule has 7 heteroatoms. The zero-order valence-corrected chi connectivity index (χ0v) is 18.0. The minimum Gasteiger partial charge on any atom is -0.507 e. The number of carbonyl (C=O) groups is 2. The summed E-state index contributed by atoms with van der Waals surface area (Å²) in [6, 6.07) is 19.2. The summed E-state index contributed by atoms with van der Waals surface area (Å²) in [4.78, 5) is 27.5. The molecule has 6 nitrogen and oxygen atoms in total. The fourth-order valence-electron chi connectivity index (χ4n) is 3.63. The highest BCUT2D eigenvalue weighted by Gasteiger charge is 2.47. The van der Waals surface area contributed by atoms with Gasteiger partial charge in [-0.3, -0.25) is 14.5 Å². The van der Waals surface area contributed by atoms with E-state index in [1.165, 1.54) is 18.1 Å². The Bertz CT molecular complexity index is 1190. The molecule has 1 fully saturated rings. The van der Waals surface area contributed by atoms with E-state index in [1.807, 2.05) is 0 Å². The maximum absolute atomic E-state index is 13.1. The minimum absolute atomic E-state index is 0.0380. The molecule has 2 N–H and O–H groups in total. The lowest BCUT2D eigenvalue weighted by Gasteiger charge is -2.25. The molecule has 0 aromatic heterocycles. The van der Waals surface area contributed by atoms with Gasteiger partial charge in [0.15, 0.2) is 11.5 Å². The first kappa shape index (κ1) is 20.7. The molecule has 0 bridgehead atoms. The van der Waals surface area contributed by atoms with E-state index in [2.05, 4.69) is 15.9 Å². The number of aliphatic hydroxyl groups excluding tert-OH is 1. The predicted molar refractivity (Wildman–Crippen MR) is 120 cm³/mol. The lowest BCUT2D eigenvalue weighted by atomic mass is 9.95. The SMILES string of the molecule is COc1cc([C@H]2C(=C(O)c3ccc(Br)cc3)C(=O)C(=O)N2c2ccccc2)ccc1O. The van der Waals surface area contributed by atoms with E-state index in [4.69, 9.17) is 4.74 Å². The molecule has 156 valence electrons. The van der Waals surface area contributed by atoms with Gasteiger partial charge in [0.1, 0.15) is 5.76 Å². The van der Waals surface area contributed by atoms with Gasteiger partial charge >= 0.3 is 0 Å². The fourth-order valence-corrected chi connectivity index (χ4v) is 3.89. The second kappa shape index (κ2) is 8.28. The highest BCUT2D eigenvalue weighted by Crippen LogP contribution is 2.43. The van der Waals surface area contributed by atoms with Gasteiger partial charge in [-0.05, 0) is 42.0 Å². The monoisotopic (exact) mass is 479 g/mol. The summed E-state index contributed by atoms with van der Waals surface area (Å²) >= 11 is 3.35. The summed E-state index contributed by atoms with van der Waals surface area (Å²) < 4.78 is 6.02. The molecule has 1 atom stereocenters. The van der Waals surface area contributed by atoms with E-state index in [9.17, 15) is 19.8 Å². The Labute approximate surface area is 187 Å². The molecule has 0 aliphatic carbocycles. The van der Waals surface area contributed by atoms with Crippen LogP contribution in [0.2, 0.25) is 0 Å². The number of ketones is 1. The molecule has 3 aromatic rings. The Hall–Kier alpha value is -3.58. The van der Waals surface area contributed by atoms with Crippen LogP contribution in [-0.4, -0.2) is 29.0 Å². The zero-order chi connectivity index (χ0) is 22.1. The van der Waals surface area contributed by atoms with Crippen LogP contribution in [0, 0.1) is 0 Å². The zero-order valence-electron chi connectivity index (χ0n) is 16.4. The summed E-state index contributed by atoms with van der Waals surface area (Å²) in [7, 11) is 1.41. The first-order valence-corrected chi connectivity index (χ1v) is 10.2. The number of nitrogens with zero attached hydrogens (tertiary/aromatic N) is 1. The Morgan fingerprint density at radius 1 is 1.00 bits per heavy atom. The average molecular weight is 480 g/mol. The number of hydrogen-bond acceptors (Lipinski definition) is 5. The van der Waals surface area contributed by atoms with E-state index in [0.717, 1.165) is 4.47 Å². The number of rotatable bonds is 4. The largest absolute Gasteiger partial charge is 0.507 e. The van der Waals surface area contributed by atoms with E-state index >= 15 is 0 Å². The van der Waals surface area contributed by atoms with Gasteiger partial charge in [-0.1, -0.05) is 52.3 Å². The lowest BCUT2D eigenvalue weighted by Crippen LogP contribution is -2.29. The van der Waals surface area contributed by atoms with Crippen LogP contribution in [0.4, 0.5) is 5.69 Å². The molecule has 3 aromatic carbocycles. The second-order valence-corrected chi connectivity index (χ2v) is 7.86. The Balaban J connectivity index is 1.96. The normalized spacial score (nSPS) is 17.7. The van der Waals surface area contributed by atoms with Crippen molar-refractivity contribution in [2.45, 2.75) is 6.04 Å². The first-order valence-electron chi connectivity index (χ1n) is 9.41. The Kier molecular flexibility index (Phi) is 5.52. The molecular weight excluding hydrogens is 462 g/mol. The summed E-state index contributed by atoms with van der Waals surface area (Å²) in [6.07, 6.45) is 0. The third kappa shape index (κ3) is 3.68. The summed E-state index contributed by atoms with van der Waals surface area (Å²) in [5, 5.41) is 21.1. The minimum atomic E-state index is -0.902. The predicted octanol–water partition coefficient (Wildman–Crippen LogP) is 4.79. The third-order valence-corrected chi connectivity index (χ3v) is 5.64. The van der Waals surface area contributed by atoms with Crippen molar-refractivity contribution < 1.29 is 24.5 Å². The Morgan fingerprint density at radius 2 is 1.68 bits per heavy atom. The number of para-hydroxylation sites is 1. The van der Waals surface area contributed by atoms with Gasteiger partial charge in [0.2, 0.25) is 0 Å². The van der Waals surface area contributed by atoms with E-state index in [1.54, 1.807) is 66.7 Å². The number of hydrogen-bond donors (Lipinski definition) is 2. The number of carbonyl (C=O) groups excluding carboxylic acids is 2. The van der Waals surface area contributed by atoms with E-state index in [0.29, 0.717) is 16.8 Å². The fraction of sp³-hybridized carbons (Fsp3) is 0.0833. The lowest BCUT2D eigenvalue weighted by molar-refractivity contribution is -0.132. The quantitative estimate of drug-likeness (QED) is 0.319. The van der Waals surface area contributed by atoms with Crippen LogP contribution in [0.25, 0.3) is 5.76 Å². The molecule has 0 unspecified atom stereocenters. The summed E-state index contributed by atoms with van der Waals surface area (Å²) in [5.41, 5.74) is 1.39. The number of aliphatic hydroxyl groups is 1. The average Bonchev–Trinajstić information content (AvgIpc) is 3.05. The number of aromatic hydroxyl groups is 1. The second-order valence-electron chi connectivity index (χ2n) is 6.94. The van der Waals surface area contributed by atoms with Crippen molar-refractivity contribution in [3.05, 3.63) is 94.0 Å². The number of phenols is 1. The number of benzene rings is 3. The summed E-state index contributed by atoms with van der Waals surface area (Å²) in [6.45, 7) is 0. The van der Waals surface area contributed by atoms with E-state index in [-0.39, 0.29) is 22.8 Å². The molecule has 1 amide bonds. The van der Waals surface area contributed by atoms with Gasteiger partial charge in [-0.15, -0.1) is 0 Å². The van der Waals surface area contributed by atoms with Crippen molar-refractivity contribution in [2.75, 3.05) is 12.0 Å². The molecule has 0 saturated carbocycles. The van der Waals surface area contributed by atoms with Gasteiger partial charge in [0.05, 0.1) is 18.7 Å². The molecule has 0 spiro atoms. The van der Waals surface area contributed by atoms with Crippen molar-refractivity contribution in [3.8, 4) is 11.5 Å². The van der Waals surface area contributed by atoms with Crippen molar-refractivity contribution in [1.82, 2.24) is 0 Å². The molecule has 4 rings (SSSR count). The highest BCUT2D eigenvalue weighted by molar-refractivity contribution is 9.10. The van der Waals surface area contributed by atoms with Gasteiger partial charge < -0.3 is 14.9 Å². The van der Waals surface area contributed by atoms with Crippen LogP contribution >= 0.6 is 15.9 Å². The molecule has 1 aliphatic heterocycles. The van der Waals surface area contributed by atoms with Crippen LogP contribution in [0.1, 0.15) is 17.2 Å². The Morgan fingerprint density at radius 3 is 2.32 bits per heavy atom. The summed E-state index contributed by atoms with van der Waals surface area (Å²) in [5.74, 6) is -1.69. The first-order chi connectivity index (χ1) is 14.9.